The Morgan fingerprint density at radius 1 is 1.25 bits per heavy atom. The summed E-state index contributed by atoms with van der Waals surface area (Å²) in [6.07, 6.45) is 1.62. The Labute approximate surface area is 120 Å². The summed E-state index contributed by atoms with van der Waals surface area (Å²) in [5, 5.41) is 1.97. The van der Waals surface area contributed by atoms with Gasteiger partial charge in [0.2, 0.25) is 0 Å². The average Bonchev–Trinajstić information content (AvgIpc) is 2.93. The number of methoxy groups -OCH3 is 1. The molecule has 0 N–H and O–H groups in total. The van der Waals surface area contributed by atoms with Gasteiger partial charge in [0.1, 0.15) is 5.75 Å². The Kier molecular flexibility index (Phi) is 3.24. The quantitative estimate of drug-likeness (QED) is 0.685. The Hall–Kier alpha value is -2.20. The second kappa shape index (κ2) is 5.06. The summed E-state index contributed by atoms with van der Waals surface area (Å²) in [6.45, 7) is 1.96. The van der Waals surface area contributed by atoms with E-state index in [1.165, 1.54) is 0 Å². The lowest BCUT2D eigenvalue weighted by molar-refractivity contribution is 0.103. The first-order valence-corrected chi connectivity index (χ1v) is 7.09. The van der Waals surface area contributed by atoms with E-state index in [0.717, 1.165) is 15.8 Å². The highest BCUT2D eigenvalue weighted by atomic mass is 32.1. The van der Waals surface area contributed by atoms with E-state index in [1.54, 1.807) is 24.6 Å². The van der Waals surface area contributed by atoms with Gasteiger partial charge in [0.25, 0.3) is 0 Å². The van der Waals surface area contributed by atoms with Gasteiger partial charge in [0, 0.05) is 11.8 Å². The van der Waals surface area contributed by atoms with Gasteiger partial charge < -0.3 is 4.74 Å². The number of thiophene rings is 1. The number of fused-ring (bicyclic) bond motifs is 1. The van der Waals surface area contributed by atoms with Crippen molar-refractivity contribution in [3.8, 4) is 5.75 Å². The summed E-state index contributed by atoms with van der Waals surface area (Å²) in [5.74, 6) is 0.528. The van der Waals surface area contributed by atoms with Crippen molar-refractivity contribution < 1.29 is 9.53 Å². The molecule has 0 fully saturated rings. The van der Waals surface area contributed by atoms with Crippen LogP contribution in [0.4, 0.5) is 0 Å². The van der Waals surface area contributed by atoms with Crippen LogP contribution in [0.1, 0.15) is 21.5 Å². The predicted octanol–water partition coefficient (Wildman–Crippen LogP) is 3.84. The van der Waals surface area contributed by atoms with Crippen LogP contribution in [0.25, 0.3) is 10.2 Å². The van der Waals surface area contributed by atoms with Gasteiger partial charge in [-0.2, -0.15) is 0 Å². The molecule has 2 aromatic heterocycles. The molecule has 0 aliphatic heterocycles. The number of hydrogen-bond acceptors (Lipinski definition) is 4. The molecule has 1 aromatic carbocycles. The molecule has 20 heavy (non-hydrogen) atoms. The second-order valence-electron chi connectivity index (χ2n) is 4.56. The highest BCUT2D eigenvalue weighted by molar-refractivity contribution is 7.17. The maximum Gasteiger partial charge on any atom is 0.198 e. The van der Waals surface area contributed by atoms with Gasteiger partial charge >= 0.3 is 0 Å². The van der Waals surface area contributed by atoms with Gasteiger partial charge in [-0.15, -0.1) is 11.3 Å². The van der Waals surface area contributed by atoms with Crippen molar-refractivity contribution in [2.75, 3.05) is 7.11 Å². The average molecular weight is 283 g/mol. The van der Waals surface area contributed by atoms with E-state index >= 15 is 0 Å². The zero-order valence-corrected chi connectivity index (χ0v) is 12.0. The molecule has 3 nitrogen and oxygen atoms in total. The van der Waals surface area contributed by atoms with Crippen LogP contribution in [-0.2, 0) is 0 Å². The molecule has 2 heterocycles. The van der Waals surface area contributed by atoms with E-state index in [9.17, 15) is 4.79 Å². The molecule has 3 rings (SSSR count). The third kappa shape index (κ3) is 2.18. The molecule has 0 aliphatic carbocycles. The van der Waals surface area contributed by atoms with Crippen LogP contribution < -0.4 is 4.74 Å². The highest BCUT2D eigenvalue weighted by Gasteiger charge is 2.15. The molecule has 0 radical (unpaired) electrons. The first-order chi connectivity index (χ1) is 9.69. The molecule has 0 amide bonds. The summed E-state index contributed by atoms with van der Waals surface area (Å²) in [4.78, 5) is 16.9. The Bertz CT molecular complexity index is 792. The van der Waals surface area contributed by atoms with Gasteiger partial charge in [-0.25, -0.2) is 0 Å². The Balaban J connectivity index is 2.09. The molecular formula is C16H13NO2S. The Morgan fingerprint density at radius 3 is 2.90 bits per heavy atom. The van der Waals surface area contributed by atoms with E-state index in [0.29, 0.717) is 16.9 Å². The lowest BCUT2D eigenvalue weighted by Crippen LogP contribution is -2.04. The number of benzene rings is 1. The number of carbonyl (C=O) groups excluding carboxylic acids is 1. The summed E-state index contributed by atoms with van der Waals surface area (Å²) >= 11 is 1.58. The summed E-state index contributed by atoms with van der Waals surface area (Å²) in [7, 11) is 1.57. The maximum absolute atomic E-state index is 12.6. The molecule has 0 aliphatic rings. The van der Waals surface area contributed by atoms with Crippen molar-refractivity contribution in [3.05, 3.63) is 58.6 Å². The molecule has 0 bridgehead atoms. The van der Waals surface area contributed by atoms with Crippen molar-refractivity contribution in [1.82, 2.24) is 4.98 Å². The smallest absolute Gasteiger partial charge is 0.198 e. The first-order valence-electron chi connectivity index (χ1n) is 6.21. The number of aromatic nitrogens is 1. The van der Waals surface area contributed by atoms with Gasteiger partial charge in [-0.3, -0.25) is 9.78 Å². The van der Waals surface area contributed by atoms with Gasteiger partial charge in [-0.05, 0) is 36.6 Å². The Morgan fingerprint density at radius 2 is 2.10 bits per heavy atom. The normalized spacial score (nSPS) is 10.7. The molecule has 0 saturated heterocycles. The maximum atomic E-state index is 12.6. The van der Waals surface area contributed by atoms with Crippen molar-refractivity contribution in [2.45, 2.75) is 6.92 Å². The van der Waals surface area contributed by atoms with E-state index in [-0.39, 0.29) is 5.78 Å². The van der Waals surface area contributed by atoms with Gasteiger partial charge in [-0.1, -0.05) is 11.6 Å². The minimum Gasteiger partial charge on any atom is -0.496 e. The lowest BCUT2D eigenvalue weighted by atomic mass is 10.0. The number of carbonyl (C=O) groups is 1. The zero-order chi connectivity index (χ0) is 14.1. The number of aryl methyl sites for hydroxylation is 1. The number of rotatable bonds is 3. The SMILES string of the molecule is COc1ccc(C)cc1C(=O)c1cnc2ccsc2c1. The third-order valence-corrected chi connectivity index (χ3v) is 4.02. The molecule has 3 aromatic rings. The zero-order valence-electron chi connectivity index (χ0n) is 11.2. The van der Waals surface area contributed by atoms with E-state index < -0.39 is 0 Å². The van der Waals surface area contributed by atoms with Crippen molar-refractivity contribution in [2.24, 2.45) is 0 Å². The fourth-order valence-electron chi connectivity index (χ4n) is 2.13. The number of ketones is 1. The van der Waals surface area contributed by atoms with Crippen LogP contribution in [0.2, 0.25) is 0 Å². The van der Waals surface area contributed by atoms with Crippen LogP contribution in [0, 0.1) is 6.92 Å². The molecule has 0 spiro atoms. The third-order valence-electron chi connectivity index (χ3n) is 3.16. The minimum absolute atomic E-state index is 0.0617. The lowest BCUT2D eigenvalue weighted by Gasteiger charge is -2.08. The standard InChI is InChI=1S/C16H13NO2S/c1-10-3-4-14(19-2)12(7-10)16(18)11-8-15-13(17-9-11)5-6-20-15/h3-9H,1-2H3. The van der Waals surface area contributed by atoms with Crippen LogP contribution >= 0.6 is 11.3 Å². The number of ether oxygens (including phenoxy) is 1. The second-order valence-corrected chi connectivity index (χ2v) is 5.51. The topological polar surface area (TPSA) is 39.2 Å². The summed E-state index contributed by atoms with van der Waals surface area (Å²) < 4.78 is 6.29. The van der Waals surface area contributed by atoms with Crippen LogP contribution in [0.3, 0.4) is 0 Å². The monoisotopic (exact) mass is 283 g/mol. The fourth-order valence-corrected chi connectivity index (χ4v) is 2.91. The van der Waals surface area contributed by atoms with Crippen molar-refractivity contribution in [3.63, 3.8) is 0 Å². The van der Waals surface area contributed by atoms with Gasteiger partial charge in [0.15, 0.2) is 5.78 Å². The summed E-state index contributed by atoms with van der Waals surface area (Å²) in [6, 6.07) is 9.42. The largest absolute Gasteiger partial charge is 0.496 e. The van der Waals surface area contributed by atoms with Crippen LogP contribution in [-0.4, -0.2) is 17.9 Å². The molecular weight excluding hydrogens is 270 g/mol. The predicted molar refractivity (Wildman–Crippen MR) is 80.8 cm³/mol. The number of nitrogens with zero attached hydrogens (tertiary/aromatic N) is 1. The summed E-state index contributed by atoms with van der Waals surface area (Å²) in [5.41, 5.74) is 3.11. The van der Waals surface area contributed by atoms with Gasteiger partial charge in [0.05, 0.1) is 22.9 Å². The molecule has 100 valence electrons. The van der Waals surface area contributed by atoms with Crippen molar-refractivity contribution in [1.29, 1.82) is 0 Å². The van der Waals surface area contributed by atoms with Crippen LogP contribution in [0.5, 0.6) is 5.75 Å². The van der Waals surface area contributed by atoms with Crippen LogP contribution in [0.15, 0.2) is 41.9 Å². The highest BCUT2D eigenvalue weighted by Crippen LogP contribution is 2.25. The molecule has 0 saturated carbocycles. The molecule has 4 heteroatoms. The fraction of sp³-hybridized carbons (Fsp3) is 0.125. The van der Waals surface area contributed by atoms with E-state index in [2.05, 4.69) is 4.98 Å². The van der Waals surface area contributed by atoms with Crippen molar-refractivity contribution >= 4 is 27.3 Å². The first kappa shape index (κ1) is 12.8. The number of hydrogen-bond donors (Lipinski definition) is 0. The molecule has 0 atom stereocenters. The van der Waals surface area contributed by atoms with E-state index in [1.807, 2.05) is 42.6 Å². The minimum atomic E-state index is -0.0617. The molecule has 0 unspecified atom stereocenters. The van der Waals surface area contributed by atoms with E-state index in [4.69, 9.17) is 4.74 Å². The number of pyridine rings is 1.